The van der Waals surface area contributed by atoms with Crippen molar-refractivity contribution in [3.05, 3.63) is 46.5 Å². The van der Waals surface area contributed by atoms with Crippen molar-refractivity contribution in [1.29, 1.82) is 0 Å². The Labute approximate surface area is 161 Å². The normalized spacial score (nSPS) is 21.7. The standard InChI is InChI=1S/C19H22F2N4OS/c20-16-3-1-2-15(18(16)21)10-24-7-4-13(5-8-24)14-6-9-25(11-14)19(26)17-12-27-23-22-17/h1-3,12-14H,4-11H2. The van der Waals surface area contributed by atoms with Gasteiger partial charge in [-0.1, -0.05) is 16.6 Å². The van der Waals surface area contributed by atoms with Crippen molar-refractivity contribution in [2.45, 2.75) is 25.8 Å². The molecular formula is C19H22F2N4OS. The number of likely N-dealkylation sites (tertiary alicyclic amines) is 2. The molecule has 1 aromatic heterocycles. The highest BCUT2D eigenvalue weighted by Gasteiger charge is 2.34. The first-order valence-electron chi connectivity index (χ1n) is 9.33. The molecule has 2 aliphatic heterocycles. The molecule has 8 heteroatoms. The number of halogens is 2. The Hall–Kier alpha value is -1.93. The third kappa shape index (κ3) is 4.01. The molecular weight excluding hydrogens is 370 g/mol. The van der Waals surface area contributed by atoms with Gasteiger partial charge in [0, 0.05) is 30.6 Å². The molecule has 1 amide bonds. The number of nitrogens with zero attached hydrogens (tertiary/aromatic N) is 4. The lowest BCUT2D eigenvalue weighted by Crippen LogP contribution is -2.37. The Kier molecular flexibility index (Phi) is 5.45. The van der Waals surface area contributed by atoms with Crippen LogP contribution in [0.2, 0.25) is 0 Å². The molecule has 0 saturated carbocycles. The summed E-state index contributed by atoms with van der Waals surface area (Å²) in [7, 11) is 0. The van der Waals surface area contributed by atoms with Gasteiger partial charge in [-0.05, 0) is 61.8 Å². The zero-order valence-corrected chi connectivity index (χ0v) is 15.8. The maximum Gasteiger partial charge on any atom is 0.275 e. The molecule has 2 saturated heterocycles. The smallest absolute Gasteiger partial charge is 0.275 e. The summed E-state index contributed by atoms with van der Waals surface area (Å²) in [6.07, 6.45) is 3.08. The average molecular weight is 392 g/mol. The second-order valence-corrected chi connectivity index (χ2v) is 8.03. The second-order valence-electron chi connectivity index (χ2n) is 7.42. The van der Waals surface area contributed by atoms with Gasteiger partial charge in [-0.25, -0.2) is 8.78 Å². The number of carbonyl (C=O) groups is 1. The molecule has 1 aromatic carbocycles. The van der Waals surface area contributed by atoms with Gasteiger partial charge >= 0.3 is 0 Å². The molecule has 5 nitrogen and oxygen atoms in total. The zero-order valence-electron chi connectivity index (χ0n) is 15.0. The summed E-state index contributed by atoms with van der Waals surface area (Å²) in [5.41, 5.74) is 0.857. The van der Waals surface area contributed by atoms with E-state index in [1.807, 2.05) is 4.90 Å². The highest BCUT2D eigenvalue weighted by Crippen LogP contribution is 2.33. The first-order valence-corrected chi connectivity index (χ1v) is 10.2. The highest BCUT2D eigenvalue weighted by molar-refractivity contribution is 7.03. The fraction of sp³-hybridized carbons (Fsp3) is 0.526. The van der Waals surface area contributed by atoms with Crippen LogP contribution in [0.25, 0.3) is 0 Å². The van der Waals surface area contributed by atoms with Crippen molar-refractivity contribution < 1.29 is 13.6 Å². The first kappa shape index (κ1) is 18.4. The van der Waals surface area contributed by atoms with Crippen LogP contribution in [-0.2, 0) is 6.54 Å². The number of hydrogen-bond acceptors (Lipinski definition) is 5. The summed E-state index contributed by atoms with van der Waals surface area (Å²) in [5, 5.41) is 5.57. The number of benzene rings is 1. The molecule has 0 radical (unpaired) electrons. The second kappa shape index (κ2) is 7.98. The molecule has 27 heavy (non-hydrogen) atoms. The average Bonchev–Trinajstić information content (AvgIpc) is 3.38. The zero-order chi connectivity index (χ0) is 18.8. The van der Waals surface area contributed by atoms with Gasteiger partial charge in [0.15, 0.2) is 17.3 Å². The number of piperidine rings is 1. The number of aromatic nitrogens is 2. The van der Waals surface area contributed by atoms with Crippen LogP contribution < -0.4 is 0 Å². The largest absolute Gasteiger partial charge is 0.337 e. The van der Waals surface area contributed by atoms with E-state index in [0.717, 1.165) is 51.5 Å². The lowest BCUT2D eigenvalue weighted by atomic mass is 9.83. The van der Waals surface area contributed by atoms with Crippen LogP contribution in [0.15, 0.2) is 23.6 Å². The van der Waals surface area contributed by atoms with E-state index in [1.54, 1.807) is 17.5 Å². The van der Waals surface area contributed by atoms with Crippen molar-refractivity contribution in [2.75, 3.05) is 26.2 Å². The van der Waals surface area contributed by atoms with E-state index in [4.69, 9.17) is 0 Å². The van der Waals surface area contributed by atoms with Crippen LogP contribution in [0.3, 0.4) is 0 Å². The Morgan fingerprint density at radius 3 is 2.67 bits per heavy atom. The predicted octanol–water partition coefficient (Wildman–Crippen LogP) is 3.19. The Morgan fingerprint density at radius 2 is 1.93 bits per heavy atom. The van der Waals surface area contributed by atoms with Gasteiger partial charge in [-0.2, -0.15) is 0 Å². The number of rotatable bonds is 4. The molecule has 0 aliphatic carbocycles. The Bertz CT molecular complexity index is 793. The SMILES string of the molecule is O=C(c1csnn1)N1CCC(C2CCN(Cc3cccc(F)c3F)CC2)C1. The van der Waals surface area contributed by atoms with Crippen LogP contribution in [0.5, 0.6) is 0 Å². The molecule has 3 heterocycles. The summed E-state index contributed by atoms with van der Waals surface area (Å²) < 4.78 is 31.0. The lowest BCUT2D eigenvalue weighted by molar-refractivity contribution is 0.0767. The molecule has 144 valence electrons. The van der Waals surface area contributed by atoms with E-state index >= 15 is 0 Å². The van der Waals surface area contributed by atoms with E-state index in [2.05, 4.69) is 14.5 Å². The quantitative estimate of drug-likeness (QED) is 0.802. The van der Waals surface area contributed by atoms with Gasteiger partial charge in [0.25, 0.3) is 5.91 Å². The van der Waals surface area contributed by atoms with Crippen LogP contribution in [0.4, 0.5) is 8.78 Å². The molecule has 1 atom stereocenters. The summed E-state index contributed by atoms with van der Waals surface area (Å²) in [6.45, 7) is 3.75. The van der Waals surface area contributed by atoms with E-state index < -0.39 is 11.6 Å². The minimum atomic E-state index is -0.784. The van der Waals surface area contributed by atoms with Crippen molar-refractivity contribution in [3.8, 4) is 0 Å². The summed E-state index contributed by atoms with van der Waals surface area (Å²) >= 11 is 1.19. The molecule has 2 aromatic rings. The van der Waals surface area contributed by atoms with Crippen molar-refractivity contribution >= 4 is 17.4 Å². The lowest BCUT2D eigenvalue weighted by Gasteiger charge is -2.34. The first-order chi connectivity index (χ1) is 13.1. The molecule has 0 N–H and O–H groups in total. The summed E-state index contributed by atoms with van der Waals surface area (Å²) in [4.78, 5) is 16.5. The monoisotopic (exact) mass is 392 g/mol. The highest BCUT2D eigenvalue weighted by atomic mass is 32.1. The van der Waals surface area contributed by atoms with Crippen molar-refractivity contribution in [1.82, 2.24) is 19.4 Å². The maximum absolute atomic E-state index is 13.9. The van der Waals surface area contributed by atoms with Gasteiger partial charge in [0.2, 0.25) is 0 Å². The minimum absolute atomic E-state index is 0.0229. The van der Waals surface area contributed by atoms with Gasteiger partial charge < -0.3 is 4.90 Å². The van der Waals surface area contributed by atoms with Gasteiger partial charge in [-0.3, -0.25) is 9.69 Å². The number of carbonyl (C=O) groups excluding carboxylic acids is 1. The maximum atomic E-state index is 13.9. The van der Waals surface area contributed by atoms with E-state index in [0.29, 0.717) is 29.6 Å². The van der Waals surface area contributed by atoms with Gasteiger partial charge in [0.1, 0.15) is 0 Å². The molecule has 0 bridgehead atoms. The topological polar surface area (TPSA) is 49.3 Å². The van der Waals surface area contributed by atoms with Gasteiger partial charge in [0.05, 0.1) is 0 Å². The molecule has 2 aliphatic rings. The number of amides is 1. The Morgan fingerprint density at radius 1 is 1.15 bits per heavy atom. The van der Waals surface area contributed by atoms with Crippen LogP contribution in [-0.4, -0.2) is 51.5 Å². The number of hydrogen-bond donors (Lipinski definition) is 0. The van der Waals surface area contributed by atoms with E-state index in [-0.39, 0.29) is 5.91 Å². The predicted molar refractivity (Wildman–Crippen MR) is 98.3 cm³/mol. The van der Waals surface area contributed by atoms with Crippen LogP contribution >= 0.6 is 11.5 Å². The molecule has 4 rings (SSSR count). The van der Waals surface area contributed by atoms with E-state index in [9.17, 15) is 13.6 Å². The third-order valence-electron chi connectivity index (χ3n) is 5.82. The summed E-state index contributed by atoms with van der Waals surface area (Å²) in [5.74, 6) is -0.460. The molecule has 0 spiro atoms. The van der Waals surface area contributed by atoms with Crippen LogP contribution in [0, 0.1) is 23.5 Å². The minimum Gasteiger partial charge on any atom is -0.337 e. The fourth-order valence-electron chi connectivity index (χ4n) is 4.27. The summed E-state index contributed by atoms with van der Waals surface area (Å²) in [6, 6.07) is 4.36. The third-order valence-corrected chi connectivity index (χ3v) is 6.32. The van der Waals surface area contributed by atoms with E-state index in [1.165, 1.54) is 11.5 Å². The Balaban J connectivity index is 1.28. The molecule has 2 fully saturated rings. The fourth-order valence-corrected chi connectivity index (χ4v) is 4.70. The van der Waals surface area contributed by atoms with Crippen LogP contribution in [0.1, 0.15) is 35.3 Å². The van der Waals surface area contributed by atoms with Gasteiger partial charge in [-0.15, -0.1) is 5.10 Å². The van der Waals surface area contributed by atoms with Crippen molar-refractivity contribution in [2.24, 2.45) is 11.8 Å². The van der Waals surface area contributed by atoms with Crippen molar-refractivity contribution in [3.63, 3.8) is 0 Å². The molecule has 1 unspecified atom stereocenters.